The number of amides is 2. The highest BCUT2D eigenvalue weighted by molar-refractivity contribution is 6.05. The van der Waals surface area contributed by atoms with E-state index in [1.807, 2.05) is 42.5 Å². The third-order valence-electron chi connectivity index (χ3n) is 5.55. The van der Waals surface area contributed by atoms with E-state index >= 15 is 0 Å². The number of nitrogens with zero attached hydrogens (tertiary/aromatic N) is 2. The van der Waals surface area contributed by atoms with Gasteiger partial charge in [-0.05, 0) is 23.3 Å². The van der Waals surface area contributed by atoms with Crippen LogP contribution in [0.3, 0.4) is 0 Å². The summed E-state index contributed by atoms with van der Waals surface area (Å²) in [4.78, 5) is 28.8. The van der Waals surface area contributed by atoms with Crippen LogP contribution in [-0.4, -0.2) is 42.3 Å². The molecule has 26 heavy (non-hydrogen) atoms. The first kappa shape index (κ1) is 16.8. The van der Waals surface area contributed by atoms with E-state index in [1.165, 1.54) is 10.5 Å². The van der Waals surface area contributed by atoms with Crippen LogP contribution in [0, 0.1) is 11.8 Å². The highest BCUT2D eigenvalue weighted by atomic mass is 16.5. The van der Waals surface area contributed by atoms with Crippen LogP contribution in [0.25, 0.3) is 0 Å². The second kappa shape index (κ2) is 6.57. The maximum absolute atomic E-state index is 12.8. The van der Waals surface area contributed by atoms with Crippen molar-refractivity contribution in [1.82, 2.24) is 9.80 Å². The van der Waals surface area contributed by atoms with Crippen LogP contribution in [0.1, 0.15) is 17.2 Å². The summed E-state index contributed by atoms with van der Waals surface area (Å²) in [7, 11) is 3.23. The Balaban J connectivity index is 1.70. The molecule has 2 heterocycles. The van der Waals surface area contributed by atoms with Gasteiger partial charge in [-0.25, -0.2) is 0 Å². The summed E-state index contributed by atoms with van der Waals surface area (Å²) < 4.78 is 5.25. The summed E-state index contributed by atoms with van der Waals surface area (Å²) in [6, 6.07) is 17.9. The zero-order valence-corrected chi connectivity index (χ0v) is 15.0. The molecule has 2 fully saturated rings. The molecule has 3 unspecified atom stereocenters. The van der Waals surface area contributed by atoms with Crippen molar-refractivity contribution < 1.29 is 14.3 Å². The Hall–Kier alpha value is -2.66. The Kier molecular flexibility index (Phi) is 4.24. The van der Waals surface area contributed by atoms with E-state index in [4.69, 9.17) is 4.74 Å². The van der Waals surface area contributed by atoms with Crippen molar-refractivity contribution in [3.05, 3.63) is 65.7 Å². The van der Waals surface area contributed by atoms with Gasteiger partial charge >= 0.3 is 0 Å². The minimum Gasteiger partial charge on any atom is -0.497 e. The summed E-state index contributed by atoms with van der Waals surface area (Å²) >= 11 is 0. The minimum atomic E-state index is -0.315. The Morgan fingerprint density at radius 1 is 1.00 bits per heavy atom. The van der Waals surface area contributed by atoms with Gasteiger partial charge in [0.05, 0.1) is 18.9 Å². The number of hydrogen-bond donors (Lipinski definition) is 0. The van der Waals surface area contributed by atoms with E-state index in [2.05, 4.69) is 17.0 Å². The van der Waals surface area contributed by atoms with Gasteiger partial charge < -0.3 is 4.74 Å². The molecule has 0 bridgehead atoms. The molecule has 0 N–H and O–H groups in total. The molecule has 134 valence electrons. The molecule has 0 aliphatic carbocycles. The van der Waals surface area contributed by atoms with Gasteiger partial charge in [0.1, 0.15) is 5.75 Å². The maximum atomic E-state index is 12.8. The second-order valence-corrected chi connectivity index (χ2v) is 7.00. The number of imide groups is 1. The maximum Gasteiger partial charge on any atom is 0.234 e. The van der Waals surface area contributed by atoms with Gasteiger partial charge in [0.25, 0.3) is 0 Å². The summed E-state index contributed by atoms with van der Waals surface area (Å²) in [6.45, 7) is 1.32. The first-order chi connectivity index (χ1) is 12.6. The average molecular weight is 350 g/mol. The highest BCUT2D eigenvalue weighted by Gasteiger charge is 2.56. The predicted molar refractivity (Wildman–Crippen MR) is 97.3 cm³/mol. The number of benzene rings is 2. The van der Waals surface area contributed by atoms with Gasteiger partial charge in [-0.2, -0.15) is 0 Å². The van der Waals surface area contributed by atoms with E-state index in [-0.39, 0.29) is 29.7 Å². The van der Waals surface area contributed by atoms with E-state index in [0.717, 1.165) is 17.9 Å². The van der Waals surface area contributed by atoms with Crippen LogP contribution in [0.15, 0.2) is 54.6 Å². The number of fused-ring (bicyclic) bond motifs is 1. The van der Waals surface area contributed by atoms with Crippen LogP contribution < -0.4 is 4.74 Å². The predicted octanol–water partition coefficient (Wildman–Crippen LogP) is 2.48. The third kappa shape index (κ3) is 2.69. The molecular formula is C21H22N2O3. The van der Waals surface area contributed by atoms with Crippen molar-refractivity contribution in [3.8, 4) is 5.75 Å². The number of hydrogen-bond acceptors (Lipinski definition) is 4. The Morgan fingerprint density at radius 2 is 1.69 bits per heavy atom. The molecule has 2 saturated heterocycles. The van der Waals surface area contributed by atoms with Gasteiger partial charge in [-0.1, -0.05) is 42.5 Å². The highest BCUT2D eigenvalue weighted by Crippen LogP contribution is 2.46. The Labute approximate surface area is 153 Å². The van der Waals surface area contributed by atoms with Crippen LogP contribution in [-0.2, 0) is 16.1 Å². The molecular weight excluding hydrogens is 328 g/mol. The Morgan fingerprint density at radius 3 is 2.35 bits per heavy atom. The molecule has 5 heteroatoms. The van der Waals surface area contributed by atoms with Crippen molar-refractivity contribution >= 4 is 11.8 Å². The van der Waals surface area contributed by atoms with E-state index in [0.29, 0.717) is 6.54 Å². The number of ether oxygens (including phenoxy) is 1. The van der Waals surface area contributed by atoms with E-state index in [9.17, 15) is 9.59 Å². The number of carbonyl (C=O) groups excluding carboxylic acids is 2. The number of carbonyl (C=O) groups is 2. The normalized spacial score (nSPS) is 25.6. The quantitative estimate of drug-likeness (QED) is 0.795. The molecule has 0 aromatic heterocycles. The summed E-state index contributed by atoms with van der Waals surface area (Å²) in [5, 5.41) is 0. The first-order valence-electron chi connectivity index (χ1n) is 8.83. The van der Waals surface area contributed by atoms with Gasteiger partial charge in [0.2, 0.25) is 11.8 Å². The van der Waals surface area contributed by atoms with Crippen molar-refractivity contribution in [1.29, 1.82) is 0 Å². The summed E-state index contributed by atoms with van der Waals surface area (Å²) in [6.07, 6.45) is 0. The summed E-state index contributed by atoms with van der Waals surface area (Å²) in [5.74, 6) is 0.0715. The second-order valence-electron chi connectivity index (χ2n) is 7.00. The standard InChI is InChI=1S/C21H22N2O3/c1-22-20(24)17-13-23(12-14-6-4-3-5-7-14)19(18(17)21(22)25)15-8-10-16(26-2)11-9-15/h3-11,17-19H,12-13H2,1-2H3. The summed E-state index contributed by atoms with van der Waals surface area (Å²) in [5.41, 5.74) is 2.23. The lowest BCUT2D eigenvalue weighted by molar-refractivity contribution is -0.139. The fourth-order valence-electron chi connectivity index (χ4n) is 4.25. The molecule has 0 saturated carbocycles. The lowest BCUT2D eigenvalue weighted by Crippen LogP contribution is -2.34. The number of likely N-dealkylation sites (tertiary alicyclic amines) is 2. The van der Waals surface area contributed by atoms with Gasteiger partial charge in [-0.15, -0.1) is 0 Å². The molecule has 2 aliphatic heterocycles. The number of rotatable bonds is 4. The molecule has 4 rings (SSSR count). The zero-order chi connectivity index (χ0) is 18.3. The fraction of sp³-hybridized carbons (Fsp3) is 0.333. The first-order valence-corrected chi connectivity index (χ1v) is 8.83. The van der Waals surface area contributed by atoms with Crippen molar-refractivity contribution in [2.75, 3.05) is 20.7 Å². The van der Waals surface area contributed by atoms with Crippen molar-refractivity contribution in [2.45, 2.75) is 12.6 Å². The minimum absolute atomic E-state index is 0.0610. The topological polar surface area (TPSA) is 49.9 Å². The van der Waals surface area contributed by atoms with Crippen LogP contribution >= 0.6 is 0 Å². The lowest BCUT2D eigenvalue weighted by atomic mass is 9.88. The molecule has 3 atom stereocenters. The SMILES string of the molecule is COc1ccc(C2C3C(=O)N(C)C(=O)C3CN2Cc2ccccc2)cc1. The molecule has 2 amide bonds. The van der Waals surface area contributed by atoms with Gasteiger partial charge in [0.15, 0.2) is 0 Å². The third-order valence-corrected chi connectivity index (χ3v) is 5.55. The smallest absolute Gasteiger partial charge is 0.234 e. The van der Waals surface area contributed by atoms with Crippen LogP contribution in [0.5, 0.6) is 5.75 Å². The van der Waals surface area contributed by atoms with E-state index < -0.39 is 0 Å². The molecule has 5 nitrogen and oxygen atoms in total. The van der Waals surface area contributed by atoms with Crippen LogP contribution in [0.2, 0.25) is 0 Å². The monoisotopic (exact) mass is 350 g/mol. The van der Waals surface area contributed by atoms with Crippen LogP contribution in [0.4, 0.5) is 0 Å². The lowest BCUT2D eigenvalue weighted by Gasteiger charge is -2.28. The van der Waals surface area contributed by atoms with Crippen molar-refractivity contribution in [3.63, 3.8) is 0 Å². The molecule has 2 aromatic rings. The molecule has 0 radical (unpaired) electrons. The fourth-order valence-corrected chi connectivity index (χ4v) is 4.25. The van der Waals surface area contributed by atoms with Gasteiger partial charge in [0, 0.05) is 26.2 Å². The average Bonchev–Trinajstić information content (AvgIpc) is 3.14. The molecule has 2 aromatic carbocycles. The Bertz CT molecular complexity index is 819. The largest absolute Gasteiger partial charge is 0.497 e. The molecule has 2 aliphatic rings. The van der Waals surface area contributed by atoms with Gasteiger partial charge in [-0.3, -0.25) is 19.4 Å². The molecule has 0 spiro atoms. The zero-order valence-electron chi connectivity index (χ0n) is 15.0. The van der Waals surface area contributed by atoms with E-state index in [1.54, 1.807) is 14.2 Å². The van der Waals surface area contributed by atoms with Crippen molar-refractivity contribution in [2.24, 2.45) is 11.8 Å². The number of methoxy groups -OCH3 is 1.